The zero-order chi connectivity index (χ0) is 16.5. The molecule has 2 heterocycles. The summed E-state index contributed by atoms with van der Waals surface area (Å²) in [5.74, 6) is 1.68. The fourth-order valence-electron chi connectivity index (χ4n) is 3.35. The first-order chi connectivity index (χ1) is 11.7. The number of methoxy groups -OCH3 is 1. The Morgan fingerprint density at radius 1 is 1.12 bits per heavy atom. The predicted molar refractivity (Wildman–Crippen MR) is 93.3 cm³/mol. The van der Waals surface area contributed by atoms with Crippen molar-refractivity contribution in [2.45, 2.75) is 25.4 Å². The van der Waals surface area contributed by atoms with E-state index in [0.29, 0.717) is 0 Å². The molecule has 2 aromatic carbocycles. The Labute approximate surface area is 141 Å². The average Bonchev–Trinajstić information content (AvgIpc) is 3.09. The summed E-state index contributed by atoms with van der Waals surface area (Å²) in [6.45, 7) is 2.12. The van der Waals surface area contributed by atoms with E-state index in [-0.39, 0.29) is 12.1 Å². The normalized spacial score (nSPS) is 19.4. The van der Waals surface area contributed by atoms with Crippen molar-refractivity contribution in [1.82, 2.24) is 14.8 Å². The second kappa shape index (κ2) is 6.00. The van der Waals surface area contributed by atoms with Crippen molar-refractivity contribution in [3.63, 3.8) is 0 Å². The smallest absolute Gasteiger partial charge is 0.222 e. The molecule has 5 heteroatoms. The largest absolute Gasteiger partial charge is 0.497 e. The van der Waals surface area contributed by atoms with Gasteiger partial charge in [0.25, 0.3) is 0 Å². The lowest BCUT2D eigenvalue weighted by Gasteiger charge is -2.32. The number of hydrogen-bond donors (Lipinski definition) is 1. The molecule has 0 unspecified atom stereocenters. The molecule has 0 saturated heterocycles. The molecule has 122 valence electrons. The summed E-state index contributed by atoms with van der Waals surface area (Å²) in [4.78, 5) is 4.38. The third-order valence-electron chi connectivity index (χ3n) is 4.55. The van der Waals surface area contributed by atoms with Gasteiger partial charge in [-0.05, 0) is 36.6 Å². The number of rotatable bonds is 3. The van der Waals surface area contributed by atoms with Crippen LogP contribution < -0.4 is 10.1 Å². The van der Waals surface area contributed by atoms with Crippen molar-refractivity contribution < 1.29 is 4.74 Å². The van der Waals surface area contributed by atoms with Crippen LogP contribution in [0.25, 0.3) is 0 Å². The van der Waals surface area contributed by atoms with Gasteiger partial charge in [0.05, 0.1) is 19.2 Å². The van der Waals surface area contributed by atoms with Gasteiger partial charge in [0.15, 0.2) is 0 Å². The van der Waals surface area contributed by atoms with Crippen molar-refractivity contribution >= 4 is 5.95 Å². The maximum Gasteiger partial charge on any atom is 0.222 e. The fourth-order valence-corrected chi connectivity index (χ4v) is 3.35. The van der Waals surface area contributed by atoms with Gasteiger partial charge in [-0.25, -0.2) is 4.68 Å². The van der Waals surface area contributed by atoms with Gasteiger partial charge in [-0.15, -0.1) is 0 Å². The van der Waals surface area contributed by atoms with E-state index in [0.717, 1.165) is 18.1 Å². The van der Waals surface area contributed by atoms with Crippen molar-refractivity contribution in [3.8, 4) is 5.75 Å². The maximum absolute atomic E-state index is 5.37. The van der Waals surface area contributed by atoms with Gasteiger partial charge in [-0.1, -0.05) is 42.0 Å². The minimum absolute atomic E-state index is 0.167. The Morgan fingerprint density at radius 3 is 2.79 bits per heavy atom. The molecule has 4 rings (SSSR count). The third kappa shape index (κ3) is 2.62. The van der Waals surface area contributed by atoms with Gasteiger partial charge in [0.2, 0.25) is 5.95 Å². The standard InChI is InChI=1S/C19H20N4O/c1-13-5-3-7-15(9-13)18-11-17(22-19-20-12-21-23(18)19)14-6-4-8-16(10-14)24-2/h3-10,12,17-18H,11H2,1-2H3,(H,20,21,22)/t17-,18+/m0/s1. The van der Waals surface area contributed by atoms with Crippen LogP contribution in [0.2, 0.25) is 0 Å². The molecule has 3 aromatic rings. The van der Waals surface area contributed by atoms with Gasteiger partial charge in [0.1, 0.15) is 12.1 Å². The average molecular weight is 320 g/mol. The number of hydrogen-bond acceptors (Lipinski definition) is 4. The summed E-state index contributed by atoms with van der Waals surface area (Å²) in [5, 5.41) is 7.92. The Hall–Kier alpha value is -2.82. The van der Waals surface area contributed by atoms with Crippen molar-refractivity contribution in [3.05, 3.63) is 71.5 Å². The molecule has 0 amide bonds. The van der Waals surface area contributed by atoms with E-state index < -0.39 is 0 Å². The number of nitrogens with zero attached hydrogens (tertiary/aromatic N) is 3. The molecule has 0 spiro atoms. The monoisotopic (exact) mass is 320 g/mol. The highest BCUT2D eigenvalue weighted by molar-refractivity contribution is 5.40. The Bertz CT molecular complexity index is 858. The lowest BCUT2D eigenvalue weighted by atomic mass is 9.92. The lowest BCUT2D eigenvalue weighted by molar-refractivity contribution is 0.410. The van der Waals surface area contributed by atoms with Crippen LogP contribution in [0.15, 0.2) is 54.9 Å². The molecule has 1 aromatic heterocycles. The van der Waals surface area contributed by atoms with Crippen LogP contribution >= 0.6 is 0 Å². The first-order valence-electron chi connectivity index (χ1n) is 8.11. The van der Waals surface area contributed by atoms with Gasteiger partial charge >= 0.3 is 0 Å². The second-order valence-electron chi connectivity index (χ2n) is 6.17. The van der Waals surface area contributed by atoms with E-state index in [2.05, 4.69) is 58.7 Å². The second-order valence-corrected chi connectivity index (χ2v) is 6.17. The number of ether oxygens (including phenoxy) is 1. The predicted octanol–water partition coefficient (Wildman–Crippen LogP) is 3.74. The van der Waals surface area contributed by atoms with Crippen LogP contribution in [0, 0.1) is 6.92 Å². The highest BCUT2D eigenvalue weighted by Crippen LogP contribution is 2.38. The van der Waals surface area contributed by atoms with E-state index in [1.54, 1.807) is 13.4 Å². The molecule has 0 bridgehead atoms. The van der Waals surface area contributed by atoms with Gasteiger partial charge in [-0.2, -0.15) is 10.1 Å². The quantitative estimate of drug-likeness (QED) is 0.799. The number of benzene rings is 2. The van der Waals surface area contributed by atoms with Gasteiger partial charge in [-0.3, -0.25) is 0 Å². The topological polar surface area (TPSA) is 52.0 Å². The molecule has 5 nitrogen and oxygen atoms in total. The molecule has 0 fully saturated rings. The molecule has 1 N–H and O–H groups in total. The summed E-state index contributed by atoms with van der Waals surface area (Å²) in [5.41, 5.74) is 3.71. The fraction of sp³-hybridized carbons (Fsp3) is 0.263. The summed E-state index contributed by atoms with van der Waals surface area (Å²) < 4.78 is 7.34. The van der Waals surface area contributed by atoms with E-state index >= 15 is 0 Å². The van der Waals surface area contributed by atoms with Crippen LogP contribution in [0.1, 0.15) is 35.2 Å². The van der Waals surface area contributed by atoms with Crippen LogP contribution in [0.5, 0.6) is 5.75 Å². The SMILES string of the molecule is COc1cccc([C@@H]2C[C@H](c3cccc(C)c3)n3ncnc3N2)c1. The minimum atomic E-state index is 0.167. The number of aryl methyl sites for hydroxylation is 1. The zero-order valence-electron chi connectivity index (χ0n) is 13.8. The van der Waals surface area contributed by atoms with Gasteiger partial charge < -0.3 is 10.1 Å². The van der Waals surface area contributed by atoms with E-state index in [4.69, 9.17) is 4.74 Å². The molecule has 2 atom stereocenters. The van der Waals surface area contributed by atoms with E-state index in [1.165, 1.54) is 16.7 Å². The summed E-state index contributed by atoms with van der Waals surface area (Å²) in [6.07, 6.45) is 2.52. The minimum Gasteiger partial charge on any atom is -0.497 e. The van der Waals surface area contributed by atoms with Crippen molar-refractivity contribution in [2.75, 3.05) is 12.4 Å². The lowest BCUT2D eigenvalue weighted by Crippen LogP contribution is -2.28. The first-order valence-corrected chi connectivity index (χ1v) is 8.11. The molecular formula is C19H20N4O. The van der Waals surface area contributed by atoms with E-state index in [1.807, 2.05) is 16.8 Å². The van der Waals surface area contributed by atoms with Crippen molar-refractivity contribution in [1.29, 1.82) is 0 Å². The summed E-state index contributed by atoms with van der Waals surface area (Å²) >= 11 is 0. The molecule has 24 heavy (non-hydrogen) atoms. The number of anilines is 1. The third-order valence-corrected chi connectivity index (χ3v) is 4.55. The van der Waals surface area contributed by atoms with Crippen LogP contribution in [0.4, 0.5) is 5.95 Å². The van der Waals surface area contributed by atoms with Gasteiger partial charge in [0, 0.05) is 0 Å². The Balaban J connectivity index is 1.73. The number of nitrogens with one attached hydrogen (secondary N) is 1. The highest BCUT2D eigenvalue weighted by Gasteiger charge is 2.30. The Morgan fingerprint density at radius 2 is 1.96 bits per heavy atom. The number of fused-ring (bicyclic) bond motifs is 1. The molecule has 1 aliphatic rings. The highest BCUT2D eigenvalue weighted by atomic mass is 16.5. The number of aromatic nitrogens is 3. The summed E-state index contributed by atoms with van der Waals surface area (Å²) in [7, 11) is 1.69. The molecule has 0 saturated carbocycles. The van der Waals surface area contributed by atoms with Crippen LogP contribution in [-0.4, -0.2) is 21.9 Å². The zero-order valence-corrected chi connectivity index (χ0v) is 13.8. The molecular weight excluding hydrogens is 300 g/mol. The van der Waals surface area contributed by atoms with Crippen LogP contribution in [-0.2, 0) is 0 Å². The Kier molecular flexibility index (Phi) is 3.69. The molecule has 1 aliphatic heterocycles. The maximum atomic E-state index is 5.37. The molecule has 0 aliphatic carbocycles. The molecule has 0 radical (unpaired) electrons. The van der Waals surface area contributed by atoms with E-state index in [9.17, 15) is 0 Å². The van der Waals surface area contributed by atoms with Crippen molar-refractivity contribution in [2.24, 2.45) is 0 Å². The summed E-state index contributed by atoms with van der Waals surface area (Å²) in [6, 6.07) is 17.1. The first kappa shape index (κ1) is 14.8. The van der Waals surface area contributed by atoms with Crippen LogP contribution in [0.3, 0.4) is 0 Å².